The average molecular weight is 280 g/mol. The SMILES string of the molecule is CC(=O)c1csc(NC(=O)CCc2ccsc2)n1. The Morgan fingerprint density at radius 1 is 1.39 bits per heavy atom. The lowest BCUT2D eigenvalue weighted by Gasteiger charge is -2.00. The van der Waals surface area contributed by atoms with Gasteiger partial charge in [0, 0.05) is 18.7 Å². The van der Waals surface area contributed by atoms with Gasteiger partial charge in [0.05, 0.1) is 0 Å². The van der Waals surface area contributed by atoms with E-state index in [4.69, 9.17) is 0 Å². The number of amides is 1. The summed E-state index contributed by atoms with van der Waals surface area (Å²) in [7, 11) is 0. The summed E-state index contributed by atoms with van der Waals surface area (Å²) in [5.41, 5.74) is 1.56. The summed E-state index contributed by atoms with van der Waals surface area (Å²) in [4.78, 5) is 26.8. The van der Waals surface area contributed by atoms with Crippen molar-refractivity contribution in [1.29, 1.82) is 0 Å². The Kier molecular flexibility index (Phi) is 4.22. The molecular weight excluding hydrogens is 268 g/mol. The van der Waals surface area contributed by atoms with Gasteiger partial charge in [-0.2, -0.15) is 11.3 Å². The molecule has 0 aliphatic carbocycles. The summed E-state index contributed by atoms with van der Waals surface area (Å²) in [5, 5.41) is 8.86. The van der Waals surface area contributed by atoms with Gasteiger partial charge in [0.1, 0.15) is 5.69 Å². The number of hydrogen-bond donors (Lipinski definition) is 1. The van der Waals surface area contributed by atoms with Gasteiger partial charge in [-0.1, -0.05) is 0 Å². The fraction of sp³-hybridized carbons (Fsp3) is 0.250. The van der Waals surface area contributed by atoms with Gasteiger partial charge in [-0.25, -0.2) is 4.98 Å². The standard InChI is InChI=1S/C12H12N2O2S2/c1-8(15)10-7-18-12(13-10)14-11(16)3-2-9-4-5-17-6-9/h4-7H,2-3H2,1H3,(H,13,14,16). The van der Waals surface area contributed by atoms with Crippen molar-refractivity contribution < 1.29 is 9.59 Å². The molecule has 0 unspecified atom stereocenters. The second-order valence-corrected chi connectivity index (χ2v) is 5.41. The number of Topliss-reactive ketones (excluding diaryl/α,β-unsaturated/α-hetero) is 1. The third kappa shape index (κ3) is 3.48. The number of aromatic nitrogens is 1. The highest BCUT2D eigenvalue weighted by Gasteiger charge is 2.09. The molecule has 0 bridgehead atoms. The summed E-state index contributed by atoms with van der Waals surface area (Å²) < 4.78 is 0. The van der Waals surface area contributed by atoms with E-state index in [2.05, 4.69) is 10.3 Å². The minimum atomic E-state index is -0.0926. The summed E-state index contributed by atoms with van der Waals surface area (Å²) in [6.07, 6.45) is 1.14. The lowest BCUT2D eigenvalue weighted by atomic mass is 10.2. The summed E-state index contributed by atoms with van der Waals surface area (Å²) >= 11 is 2.89. The topological polar surface area (TPSA) is 59.1 Å². The fourth-order valence-electron chi connectivity index (χ4n) is 1.37. The molecule has 0 aromatic carbocycles. The van der Waals surface area contributed by atoms with Crippen LogP contribution in [0, 0.1) is 0 Å². The van der Waals surface area contributed by atoms with Crippen LogP contribution in [0.25, 0.3) is 0 Å². The van der Waals surface area contributed by atoms with Crippen molar-refractivity contribution in [2.24, 2.45) is 0 Å². The predicted octanol–water partition coefficient (Wildman–Crippen LogP) is 2.98. The van der Waals surface area contributed by atoms with Crippen LogP contribution >= 0.6 is 22.7 Å². The Bertz CT molecular complexity index is 546. The maximum absolute atomic E-state index is 11.7. The number of carbonyl (C=O) groups is 2. The Hall–Kier alpha value is -1.53. The van der Waals surface area contributed by atoms with E-state index in [1.54, 1.807) is 16.7 Å². The van der Waals surface area contributed by atoms with Crippen molar-refractivity contribution in [1.82, 2.24) is 4.98 Å². The number of rotatable bonds is 5. The van der Waals surface area contributed by atoms with Gasteiger partial charge >= 0.3 is 0 Å². The summed E-state index contributed by atoms with van der Waals surface area (Å²) in [5.74, 6) is -0.171. The number of anilines is 1. The minimum Gasteiger partial charge on any atom is -0.302 e. The third-order valence-electron chi connectivity index (χ3n) is 2.33. The predicted molar refractivity (Wildman–Crippen MR) is 73.4 cm³/mol. The molecule has 0 atom stereocenters. The summed E-state index contributed by atoms with van der Waals surface area (Å²) in [6, 6.07) is 2.01. The van der Waals surface area contributed by atoms with Crippen LogP contribution in [0.5, 0.6) is 0 Å². The van der Waals surface area contributed by atoms with Crippen molar-refractivity contribution in [2.45, 2.75) is 19.8 Å². The normalized spacial score (nSPS) is 10.3. The molecule has 2 aromatic rings. The zero-order valence-electron chi connectivity index (χ0n) is 9.80. The molecule has 4 nitrogen and oxygen atoms in total. The maximum Gasteiger partial charge on any atom is 0.226 e. The van der Waals surface area contributed by atoms with E-state index in [0.29, 0.717) is 17.2 Å². The van der Waals surface area contributed by atoms with E-state index >= 15 is 0 Å². The van der Waals surface area contributed by atoms with E-state index in [1.807, 2.05) is 16.8 Å². The van der Waals surface area contributed by atoms with Crippen molar-refractivity contribution >= 4 is 39.5 Å². The Balaban J connectivity index is 1.85. The molecule has 0 saturated carbocycles. The first kappa shape index (κ1) is 12.9. The van der Waals surface area contributed by atoms with Crippen LogP contribution in [0.15, 0.2) is 22.2 Å². The first-order valence-electron chi connectivity index (χ1n) is 5.42. The molecule has 0 saturated heterocycles. The number of nitrogens with zero attached hydrogens (tertiary/aromatic N) is 1. The number of nitrogens with one attached hydrogen (secondary N) is 1. The van der Waals surface area contributed by atoms with Gasteiger partial charge in [-0.3, -0.25) is 9.59 Å². The molecule has 1 amide bonds. The Morgan fingerprint density at radius 2 is 2.22 bits per heavy atom. The van der Waals surface area contributed by atoms with Crippen LogP contribution in [0.3, 0.4) is 0 Å². The summed E-state index contributed by atoms with van der Waals surface area (Å²) in [6.45, 7) is 1.46. The number of ketones is 1. The van der Waals surface area contributed by atoms with Crippen LogP contribution < -0.4 is 5.32 Å². The number of aryl methyl sites for hydroxylation is 1. The molecule has 6 heteroatoms. The highest BCUT2D eigenvalue weighted by Crippen LogP contribution is 2.16. The first-order chi connectivity index (χ1) is 8.65. The lowest BCUT2D eigenvalue weighted by Crippen LogP contribution is -2.12. The van der Waals surface area contributed by atoms with Gasteiger partial charge < -0.3 is 5.32 Å². The van der Waals surface area contributed by atoms with Crippen molar-refractivity contribution in [3.8, 4) is 0 Å². The molecule has 2 heterocycles. The number of thiazole rings is 1. The highest BCUT2D eigenvalue weighted by molar-refractivity contribution is 7.14. The molecule has 0 spiro atoms. The van der Waals surface area contributed by atoms with E-state index in [0.717, 1.165) is 6.42 Å². The molecule has 1 N–H and O–H groups in total. The van der Waals surface area contributed by atoms with E-state index in [-0.39, 0.29) is 11.7 Å². The second-order valence-electron chi connectivity index (χ2n) is 3.77. The number of thiophene rings is 1. The third-order valence-corrected chi connectivity index (χ3v) is 3.82. The van der Waals surface area contributed by atoms with Crippen LogP contribution in [-0.4, -0.2) is 16.7 Å². The second kappa shape index (κ2) is 5.88. The van der Waals surface area contributed by atoms with Crippen LogP contribution in [0.1, 0.15) is 29.4 Å². The molecular formula is C12H12N2O2S2. The van der Waals surface area contributed by atoms with E-state index < -0.39 is 0 Å². The number of hydrogen-bond acceptors (Lipinski definition) is 5. The largest absolute Gasteiger partial charge is 0.302 e. The average Bonchev–Trinajstić information content (AvgIpc) is 2.96. The van der Waals surface area contributed by atoms with Crippen molar-refractivity contribution in [2.75, 3.05) is 5.32 Å². The van der Waals surface area contributed by atoms with Gasteiger partial charge in [-0.05, 0) is 28.8 Å². The molecule has 18 heavy (non-hydrogen) atoms. The van der Waals surface area contributed by atoms with E-state index in [1.165, 1.54) is 23.8 Å². The molecule has 2 rings (SSSR count). The quantitative estimate of drug-likeness (QED) is 0.857. The molecule has 0 radical (unpaired) electrons. The zero-order valence-corrected chi connectivity index (χ0v) is 11.4. The van der Waals surface area contributed by atoms with E-state index in [9.17, 15) is 9.59 Å². The van der Waals surface area contributed by atoms with Crippen LogP contribution in [-0.2, 0) is 11.2 Å². The highest BCUT2D eigenvalue weighted by atomic mass is 32.1. The maximum atomic E-state index is 11.7. The molecule has 0 aliphatic heterocycles. The van der Waals surface area contributed by atoms with Gasteiger partial charge in [0.25, 0.3) is 0 Å². The van der Waals surface area contributed by atoms with Crippen LogP contribution in [0.4, 0.5) is 5.13 Å². The van der Waals surface area contributed by atoms with Gasteiger partial charge in [0.15, 0.2) is 10.9 Å². The zero-order chi connectivity index (χ0) is 13.0. The number of carbonyl (C=O) groups excluding carboxylic acids is 2. The van der Waals surface area contributed by atoms with Gasteiger partial charge in [-0.15, -0.1) is 11.3 Å². The lowest BCUT2D eigenvalue weighted by molar-refractivity contribution is -0.116. The monoisotopic (exact) mass is 280 g/mol. The minimum absolute atomic E-state index is 0.0781. The molecule has 94 valence electrons. The Morgan fingerprint density at radius 3 is 2.83 bits per heavy atom. The molecule has 2 aromatic heterocycles. The molecule has 0 aliphatic rings. The fourth-order valence-corrected chi connectivity index (χ4v) is 2.84. The first-order valence-corrected chi connectivity index (χ1v) is 7.25. The smallest absolute Gasteiger partial charge is 0.226 e. The van der Waals surface area contributed by atoms with Crippen molar-refractivity contribution in [3.05, 3.63) is 33.5 Å². The van der Waals surface area contributed by atoms with Gasteiger partial charge in [0.2, 0.25) is 5.91 Å². The molecule has 0 fully saturated rings. The van der Waals surface area contributed by atoms with Crippen molar-refractivity contribution in [3.63, 3.8) is 0 Å². The van der Waals surface area contributed by atoms with Crippen LogP contribution in [0.2, 0.25) is 0 Å². The Labute approximate surface area is 113 Å².